The largest absolute Gasteiger partial charge is 0.344 e. The van der Waals surface area contributed by atoms with Crippen LogP contribution in [-0.2, 0) is 11.2 Å². The second-order valence-corrected chi connectivity index (χ2v) is 6.42. The highest BCUT2D eigenvalue weighted by Crippen LogP contribution is 2.17. The van der Waals surface area contributed by atoms with Gasteiger partial charge in [-0.1, -0.05) is 50.6 Å². The van der Waals surface area contributed by atoms with Crippen LogP contribution in [0.3, 0.4) is 0 Å². The molecule has 2 atom stereocenters. The molecule has 0 fully saturated rings. The maximum Gasteiger partial charge on any atom is 0.239 e. The number of hydrogen-bond donors (Lipinski definition) is 2. The highest BCUT2D eigenvalue weighted by molar-refractivity contribution is 5.81. The molecule has 1 aromatic carbocycles. The van der Waals surface area contributed by atoms with Crippen LogP contribution in [0.5, 0.6) is 0 Å². The number of carbonyl (C=O) groups is 1. The maximum atomic E-state index is 12.3. The molecule has 0 spiro atoms. The fourth-order valence-corrected chi connectivity index (χ4v) is 2.62. The van der Waals surface area contributed by atoms with Gasteiger partial charge in [0.1, 0.15) is 0 Å². The first-order chi connectivity index (χ1) is 11.5. The molecule has 0 aliphatic heterocycles. The molecule has 0 saturated carbocycles. The van der Waals surface area contributed by atoms with Crippen molar-refractivity contribution in [2.24, 2.45) is 11.7 Å². The number of nitrogens with two attached hydrogens (primary N) is 1. The van der Waals surface area contributed by atoms with Crippen molar-refractivity contribution in [1.82, 2.24) is 15.1 Å². The quantitative estimate of drug-likeness (QED) is 0.782. The molecule has 5 nitrogen and oxygen atoms in total. The summed E-state index contributed by atoms with van der Waals surface area (Å²) in [7, 11) is 1.83. The van der Waals surface area contributed by atoms with Crippen molar-refractivity contribution in [2.45, 2.75) is 39.2 Å². The molecule has 0 bridgehead atoms. The molecular weight excluding hydrogens is 300 g/mol. The lowest BCUT2D eigenvalue weighted by Crippen LogP contribution is -2.45. The smallest absolute Gasteiger partial charge is 0.239 e. The molecular formula is C19H28N4O. The van der Waals surface area contributed by atoms with Crippen LogP contribution in [0.2, 0.25) is 0 Å². The summed E-state index contributed by atoms with van der Waals surface area (Å²) in [6.45, 7) is 4.77. The monoisotopic (exact) mass is 328 g/mol. The summed E-state index contributed by atoms with van der Waals surface area (Å²) in [6.07, 6.45) is 2.65. The van der Waals surface area contributed by atoms with Crippen LogP contribution in [-0.4, -0.2) is 40.6 Å². The number of aryl methyl sites for hydroxylation is 1. The van der Waals surface area contributed by atoms with Gasteiger partial charge in [-0.3, -0.25) is 9.89 Å². The predicted octanol–water partition coefficient (Wildman–Crippen LogP) is 2.84. The van der Waals surface area contributed by atoms with Gasteiger partial charge in [0.05, 0.1) is 11.7 Å². The number of carbonyl (C=O) groups excluding carboxylic acids is 1. The number of aromatic amines is 1. The molecule has 3 N–H and O–H groups in total. The van der Waals surface area contributed by atoms with Gasteiger partial charge in [0.25, 0.3) is 0 Å². The number of amides is 1. The number of nitrogens with one attached hydrogen (secondary N) is 1. The Kier molecular flexibility index (Phi) is 6.55. The number of H-pyrrole nitrogens is 1. The Labute approximate surface area is 144 Å². The van der Waals surface area contributed by atoms with Crippen molar-refractivity contribution >= 4 is 5.91 Å². The maximum absolute atomic E-state index is 12.3. The van der Waals surface area contributed by atoms with Gasteiger partial charge < -0.3 is 10.6 Å². The zero-order valence-corrected chi connectivity index (χ0v) is 14.8. The van der Waals surface area contributed by atoms with E-state index >= 15 is 0 Å². The minimum Gasteiger partial charge on any atom is -0.344 e. The molecule has 0 aliphatic carbocycles. The van der Waals surface area contributed by atoms with E-state index in [-0.39, 0.29) is 11.8 Å². The molecule has 1 amide bonds. The Balaban J connectivity index is 1.82. The number of hydrogen-bond acceptors (Lipinski definition) is 3. The van der Waals surface area contributed by atoms with Crippen LogP contribution in [0.25, 0.3) is 11.3 Å². The Hall–Kier alpha value is -2.14. The zero-order valence-electron chi connectivity index (χ0n) is 14.8. The van der Waals surface area contributed by atoms with E-state index in [1.54, 1.807) is 4.90 Å². The summed E-state index contributed by atoms with van der Waals surface area (Å²) in [5, 5.41) is 7.44. The second-order valence-electron chi connectivity index (χ2n) is 6.42. The summed E-state index contributed by atoms with van der Waals surface area (Å²) < 4.78 is 0. The lowest BCUT2D eigenvalue weighted by atomic mass is 9.99. The zero-order chi connectivity index (χ0) is 17.5. The first-order valence-electron chi connectivity index (χ1n) is 8.63. The molecule has 5 heteroatoms. The highest BCUT2D eigenvalue weighted by atomic mass is 16.2. The lowest BCUT2D eigenvalue weighted by molar-refractivity contribution is -0.132. The fraction of sp³-hybridized carbons (Fsp3) is 0.474. The van der Waals surface area contributed by atoms with E-state index in [9.17, 15) is 4.79 Å². The number of benzene rings is 1. The van der Waals surface area contributed by atoms with Crippen LogP contribution in [0.1, 0.15) is 32.4 Å². The van der Waals surface area contributed by atoms with E-state index < -0.39 is 6.04 Å². The number of rotatable bonds is 8. The molecule has 1 aromatic heterocycles. The normalized spacial score (nSPS) is 13.5. The predicted molar refractivity (Wildman–Crippen MR) is 97.4 cm³/mol. The van der Waals surface area contributed by atoms with Gasteiger partial charge in [0.15, 0.2) is 0 Å². The summed E-state index contributed by atoms with van der Waals surface area (Å²) in [6, 6.07) is 11.8. The first kappa shape index (κ1) is 18.2. The summed E-state index contributed by atoms with van der Waals surface area (Å²) >= 11 is 0. The van der Waals surface area contributed by atoms with Gasteiger partial charge in [0.2, 0.25) is 5.91 Å². The minimum atomic E-state index is -0.406. The number of likely N-dealkylation sites (N-methyl/N-ethyl adjacent to an activating group) is 1. The average Bonchev–Trinajstić information content (AvgIpc) is 3.09. The van der Waals surface area contributed by atoms with E-state index in [1.807, 2.05) is 44.3 Å². The number of aromatic nitrogens is 2. The van der Waals surface area contributed by atoms with Crippen LogP contribution in [0, 0.1) is 5.92 Å². The van der Waals surface area contributed by atoms with Gasteiger partial charge in [-0.15, -0.1) is 0 Å². The summed E-state index contributed by atoms with van der Waals surface area (Å²) in [5.41, 5.74) is 9.16. The molecule has 0 aliphatic rings. The van der Waals surface area contributed by atoms with Gasteiger partial charge in [-0.25, -0.2) is 0 Å². The molecule has 2 unspecified atom stereocenters. The van der Waals surface area contributed by atoms with Crippen molar-refractivity contribution in [2.75, 3.05) is 13.6 Å². The second kappa shape index (κ2) is 8.64. The Morgan fingerprint density at radius 3 is 2.71 bits per heavy atom. The van der Waals surface area contributed by atoms with Crippen molar-refractivity contribution in [3.63, 3.8) is 0 Å². The first-order valence-corrected chi connectivity index (χ1v) is 8.63. The van der Waals surface area contributed by atoms with Gasteiger partial charge >= 0.3 is 0 Å². The SMILES string of the molecule is CCC(C)C(N)C(=O)N(C)CCCc1cc(-c2ccccc2)n[nH]1. The van der Waals surface area contributed by atoms with Crippen LogP contribution < -0.4 is 5.73 Å². The Morgan fingerprint density at radius 2 is 2.04 bits per heavy atom. The third-order valence-electron chi connectivity index (χ3n) is 4.56. The fourth-order valence-electron chi connectivity index (χ4n) is 2.62. The van der Waals surface area contributed by atoms with Crippen molar-refractivity contribution in [3.05, 3.63) is 42.1 Å². The Morgan fingerprint density at radius 1 is 1.33 bits per heavy atom. The van der Waals surface area contributed by atoms with Crippen LogP contribution >= 0.6 is 0 Å². The van der Waals surface area contributed by atoms with E-state index in [1.165, 1.54) is 0 Å². The average molecular weight is 328 g/mol. The van der Waals surface area contributed by atoms with E-state index in [4.69, 9.17) is 5.73 Å². The highest BCUT2D eigenvalue weighted by Gasteiger charge is 2.22. The van der Waals surface area contributed by atoms with Gasteiger partial charge in [-0.05, 0) is 24.8 Å². The third-order valence-corrected chi connectivity index (χ3v) is 4.56. The topological polar surface area (TPSA) is 75.0 Å². The lowest BCUT2D eigenvalue weighted by Gasteiger charge is -2.24. The summed E-state index contributed by atoms with van der Waals surface area (Å²) in [5.74, 6) is 0.236. The van der Waals surface area contributed by atoms with Gasteiger partial charge in [-0.2, -0.15) is 5.10 Å². The van der Waals surface area contributed by atoms with Crippen molar-refractivity contribution < 1.29 is 4.79 Å². The third kappa shape index (κ3) is 4.68. The molecule has 2 rings (SSSR count). The standard InChI is InChI=1S/C19H28N4O/c1-4-14(2)18(20)19(24)23(3)12-8-11-16-13-17(22-21-16)15-9-6-5-7-10-15/h5-7,9-10,13-14,18H,4,8,11-12,20H2,1-3H3,(H,21,22). The van der Waals surface area contributed by atoms with Crippen LogP contribution in [0.15, 0.2) is 36.4 Å². The van der Waals surface area contributed by atoms with E-state index in [0.29, 0.717) is 6.54 Å². The molecule has 2 aromatic rings. The van der Waals surface area contributed by atoms with E-state index in [0.717, 1.165) is 36.2 Å². The van der Waals surface area contributed by atoms with Crippen molar-refractivity contribution in [3.8, 4) is 11.3 Å². The molecule has 130 valence electrons. The Bertz CT molecular complexity index is 638. The van der Waals surface area contributed by atoms with Gasteiger partial charge in [0, 0.05) is 24.8 Å². The molecule has 0 radical (unpaired) electrons. The van der Waals surface area contributed by atoms with Crippen LogP contribution in [0.4, 0.5) is 0 Å². The number of nitrogens with zero attached hydrogens (tertiary/aromatic N) is 2. The molecule has 1 heterocycles. The molecule has 0 saturated heterocycles. The van der Waals surface area contributed by atoms with Crippen molar-refractivity contribution in [1.29, 1.82) is 0 Å². The minimum absolute atomic E-state index is 0.0268. The van der Waals surface area contributed by atoms with E-state index in [2.05, 4.69) is 23.2 Å². The molecule has 24 heavy (non-hydrogen) atoms. The summed E-state index contributed by atoms with van der Waals surface area (Å²) in [4.78, 5) is 14.0.